The molecule has 1 heterocycles. The van der Waals surface area contributed by atoms with E-state index in [4.69, 9.17) is 0 Å². The van der Waals surface area contributed by atoms with Gasteiger partial charge in [0.15, 0.2) is 0 Å². The van der Waals surface area contributed by atoms with Gasteiger partial charge in [-0.25, -0.2) is 0 Å². The largest absolute Gasteiger partial charge is 0.393 e. The Morgan fingerprint density at radius 3 is 2.35 bits per heavy atom. The first-order chi connectivity index (χ1) is 10.9. The highest BCUT2D eigenvalue weighted by Crippen LogP contribution is 2.75. The zero-order valence-corrected chi connectivity index (χ0v) is 15.4. The molecule has 0 aromatic rings. The summed E-state index contributed by atoms with van der Waals surface area (Å²) in [6, 6.07) is 0. The second-order valence-electron chi connectivity index (χ2n) is 10.00. The molecule has 4 aliphatic carbocycles. The third-order valence-electron chi connectivity index (χ3n) is 9.43. The van der Waals surface area contributed by atoms with Crippen molar-refractivity contribution in [2.24, 2.45) is 34.5 Å². The number of hydrogen-bond acceptors (Lipinski definition) is 3. The Kier molecular flexibility index (Phi) is 3.18. The molecule has 5 aliphatic rings. The summed E-state index contributed by atoms with van der Waals surface area (Å²) in [4.78, 5) is 0. The van der Waals surface area contributed by atoms with Gasteiger partial charge in [0.05, 0.1) is 12.2 Å². The van der Waals surface area contributed by atoms with Crippen LogP contribution in [0.5, 0.6) is 0 Å². The fourth-order valence-corrected chi connectivity index (χ4v) is 9.43. The van der Waals surface area contributed by atoms with Gasteiger partial charge in [0.1, 0.15) is 0 Å². The summed E-state index contributed by atoms with van der Waals surface area (Å²) in [5.74, 6) is 4.10. The lowest BCUT2D eigenvalue weighted by molar-refractivity contribution is -0.168. The van der Waals surface area contributed by atoms with Crippen LogP contribution >= 0.6 is 11.8 Å². The van der Waals surface area contributed by atoms with Crippen LogP contribution in [-0.2, 0) is 0 Å². The van der Waals surface area contributed by atoms with Gasteiger partial charge in [0.25, 0.3) is 0 Å². The summed E-state index contributed by atoms with van der Waals surface area (Å²) < 4.78 is 0.619. The monoisotopic (exact) mass is 336 g/mol. The SMILES string of the molecule is C[C@]12CCC3C(C[C@H](O)[C@@H]4C[C@H](O)CC[C@]34C)C1CC[C@]21CS1. The molecule has 3 unspecified atom stereocenters. The Labute approximate surface area is 144 Å². The fraction of sp³-hybridized carbons (Fsp3) is 1.00. The van der Waals surface area contributed by atoms with E-state index < -0.39 is 0 Å². The third kappa shape index (κ3) is 1.85. The molecule has 0 radical (unpaired) electrons. The van der Waals surface area contributed by atoms with E-state index in [2.05, 4.69) is 25.6 Å². The standard InChI is InChI=1S/C20H32O2S/c1-18-6-3-12(21)9-16(18)17(22)10-13-14(18)4-7-19(2)15(13)5-8-20(19)11-23-20/h12-17,21-22H,3-11H2,1-2H3/t12-,13?,14?,15?,16+,17+,18-,19+,20+/m1/s1. The molecule has 130 valence electrons. The van der Waals surface area contributed by atoms with E-state index in [9.17, 15) is 10.2 Å². The molecule has 1 spiro atoms. The van der Waals surface area contributed by atoms with Crippen LogP contribution in [0.3, 0.4) is 0 Å². The smallest absolute Gasteiger partial charge is 0.0577 e. The lowest BCUT2D eigenvalue weighted by Gasteiger charge is -2.62. The van der Waals surface area contributed by atoms with Crippen molar-refractivity contribution in [3.8, 4) is 0 Å². The highest BCUT2D eigenvalue weighted by atomic mass is 32.2. The quantitative estimate of drug-likeness (QED) is 0.660. The number of aliphatic hydroxyl groups excluding tert-OH is 2. The van der Waals surface area contributed by atoms with Crippen molar-refractivity contribution < 1.29 is 10.2 Å². The molecular weight excluding hydrogens is 304 g/mol. The fourth-order valence-electron chi connectivity index (χ4n) is 7.93. The van der Waals surface area contributed by atoms with Crippen molar-refractivity contribution in [3.05, 3.63) is 0 Å². The van der Waals surface area contributed by atoms with Gasteiger partial charge < -0.3 is 10.2 Å². The van der Waals surface area contributed by atoms with Crippen LogP contribution in [0.1, 0.15) is 65.2 Å². The van der Waals surface area contributed by atoms with Crippen LogP contribution < -0.4 is 0 Å². The van der Waals surface area contributed by atoms with Crippen LogP contribution in [0.25, 0.3) is 0 Å². The number of hydrogen-bond donors (Lipinski definition) is 2. The molecule has 23 heavy (non-hydrogen) atoms. The molecule has 0 aromatic carbocycles. The van der Waals surface area contributed by atoms with E-state index in [1.165, 1.54) is 31.4 Å². The lowest BCUT2D eigenvalue weighted by Crippen LogP contribution is -2.58. The average Bonchev–Trinajstić information content (AvgIpc) is 3.23. The maximum absolute atomic E-state index is 11.0. The lowest BCUT2D eigenvalue weighted by atomic mass is 9.44. The van der Waals surface area contributed by atoms with Gasteiger partial charge in [-0.1, -0.05) is 13.8 Å². The normalized spacial score (nSPS) is 64.2. The molecule has 0 amide bonds. The summed E-state index contributed by atoms with van der Waals surface area (Å²) in [6.07, 6.45) is 9.18. The second kappa shape index (κ2) is 4.71. The van der Waals surface area contributed by atoms with Gasteiger partial charge in [0, 0.05) is 10.5 Å². The highest BCUT2D eigenvalue weighted by Gasteiger charge is 2.69. The number of rotatable bonds is 0. The molecule has 2 N–H and O–H groups in total. The Balaban J connectivity index is 1.49. The topological polar surface area (TPSA) is 40.5 Å². The number of aliphatic hydroxyl groups is 2. The Morgan fingerprint density at radius 2 is 1.61 bits per heavy atom. The number of thioether (sulfide) groups is 1. The summed E-state index contributed by atoms with van der Waals surface area (Å²) in [5, 5.41) is 21.1. The van der Waals surface area contributed by atoms with Crippen molar-refractivity contribution in [2.75, 3.05) is 5.75 Å². The van der Waals surface area contributed by atoms with Crippen molar-refractivity contribution in [1.82, 2.24) is 0 Å². The van der Waals surface area contributed by atoms with Crippen LogP contribution in [0.15, 0.2) is 0 Å². The van der Waals surface area contributed by atoms with Gasteiger partial charge in [-0.3, -0.25) is 0 Å². The van der Waals surface area contributed by atoms with Gasteiger partial charge >= 0.3 is 0 Å². The molecule has 3 heteroatoms. The zero-order chi connectivity index (χ0) is 16.0. The predicted octanol–water partition coefficient (Wildman–Crippen LogP) is 3.85. The molecule has 2 nitrogen and oxygen atoms in total. The summed E-state index contributed by atoms with van der Waals surface area (Å²) in [7, 11) is 0. The minimum Gasteiger partial charge on any atom is -0.393 e. The van der Waals surface area contributed by atoms with E-state index in [1.807, 2.05) is 0 Å². The Bertz CT molecular complexity index is 518. The minimum absolute atomic E-state index is 0.175. The average molecular weight is 337 g/mol. The maximum Gasteiger partial charge on any atom is 0.0577 e. The second-order valence-corrected chi connectivity index (χ2v) is 11.4. The minimum atomic E-state index is -0.179. The first kappa shape index (κ1) is 15.5. The summed E-state index contributed by atoms with van der Waals surface area (Å²) in [6.45, 7) is 5.05. The van der Waals surface area contributed by atoms with Crippen LogP contribution in [0.4, 0.5) is 0 Å². The van der Waals surface area contributed by atoms with Crippen LogP contribution in [0.2, 0.25) is 0 Å². The predicted molar refractivity (Wildman–Crippen MR) is 94.3 cm³/mol. The van der Waals surface area contributed by atoms with Gasteiger partial charge in [0.2, 0.25) is 0 Å². The molecular formula is C20H32O2S. The van der Waals surface area contributed by atoms with Crippen molar-refractivity contribution in [3.63, 3.8) is 0 Å². The molecule has 0 bridgehead atoms. The van der Waals surface area contributed by atoms with Crippen LogP contribution in [-0.4, -0.2) is 32.9 Å². The molecule has 1 saturated heterocycles. The first-order valence-electron chi connectivity index (χ1n) is 9.90. The highest BCUT2D eigenvalue weighted by molar-refractivity contribution is 8.08. The van der Waals surface area contributed by atoms with E-state index in [-0.39, 0.29) is 17.6 Å². The first-order valence-corrected chi connectivity index (χ1v) is 10.9. The van der Waals surface area contributed by atoms with Gasteiger partial charge in [-0.15, -0.1) is 0 Å². The van der Waals surface area contributed by atoms with E-state index in [0.717, 1.165) is 43.4 Å². The summed E-state index contributed by atoms with van der Waals surface area (Å²) in [5.41, 5.74) is 0.811. The van der Waals surface area contributed by atoms with Crippen molar-refractivity contribution in [2.45, 2.75) is 82.2 Å². The van der Waals surface area contributed by atoms with Gasteiger partial charge in [-0.05, 0) is 85.9 Å². The van der Waals surface area contributed by atoms with E-state index in [0.29, 0.717) is 16.1 Å². The molecule has 5 fully saturated rings. The molecule has 1 aliphatic heterocycles. The maximum atomic E-state index is 11.0. The molecule has 0 aromatic heterocycles. The van der Waals surface area contributed by atoms with Gasteiger partial charge in [-0.2, -0.15) is 11.8 Å². The Hall–Kier alpha value is 0.270. The molecule has 5 rings (SSSR count). The van der Waals surface area contributed by atoms with Crippen LogP contribution in [0, 0.1) is 34.5 Å². The van der Waals surface area contributed by atoms with E-state index in [1.54, 1.807) is 0 Å². The van der Waals surface area contributed by atoms with E-state index >= 15 is 0 Å². The summed E-state index contributed by atoms with van der Waals surface area (Å²) >= 11 is 2.23. The Morgan fingerprint density at radius 1 is 0.870 bits per heavy atom. The molecule has 4 saturated carbocycles. The molecule has 9 atom stereocenters. The van der Waals surface area contributed by atoms with Crippen molar-refractivity contribution in [1.29, 1.82) is 0 Å². The zero-order valence-electron chi connectivity index (χ0n) is 14.6. The van der Waals surface area contributed by atoms with Crippen molar-refractivity contribution >= 4 is 11.8 Å². The number of fused-ring (bicyclic) bond motifs is 6. The third-order valence-corrected chi connectivity index (χ3v) is 11.1.